The molecule has 0 bridgehead atoms. The number of ether oxygens (including phenoxy) is 1. The molecule has 2 aromatic rings. The third-order valence-electron chi connectivity index (χ3n) is 5.08. The molecule has 3 rings (SSSR count). The Hall–Kier alpha value is -1.86. The number of rotatable bonds is 7. The molecule has 0 spiro atoms. The van der Waals surface area contributed by atoms with E-state index in [-0.39, 0.29) is 11.2 Å². The second-order valence-electron chi connectivity index (χ2n) is 7.77. The van der Waals surface area contributed by atoms with Crippen molar-refractivity contribution in [3.05, 3.63) is 30.3 Å². The third-order valence-corrected chi connectivity index (χ3v) is 6.15. The largest absolute Gasteiger partial charge is 0.383 e. The van der Waals surface area contributed by atoms with Crippen LogP contribution in [0.1, 0.15) is 27.2 Å². The van der Waals surface area contributed by atoms with Crippen LogP contribution < -0.4 is 0 Å². The number of amides is 1. The van der Waals surface area contributed by atoms with Crippen LogP contribution in [0.3, 0.4) is 0 Å². The first-order valence-electron chi connectivity index (χ1n) is 9.92. The highest BCUT2D eigenvalue weighted by molar-refractivity contribution is 8.00. The van der Waals surface area contributed by atoms with E-state index in [0.717, 1.165) is 29.6 Å². The van der Waals surface area contributed by atoms with Crippen LogP contribution in [-0.4, -0.2) is 57.6 Å². The molecule has 1 aromatic carbocycles. The highest BCUT2D eigenvalue weighted by atomic mass is 32.2. The second-order valence-corrected chi connectivity index (χ2v) is 9.07. The number of aromatic nitrogens is 3. The molecule has 0 saturated carbocycles. The summed E-state index contributed by atoms with van der Waals surface area (Å²) in [4.78, 5) is 15.0. The van der Waals surface area contributed by atoms with Crippen molar-refractivity contribution >= 4 is 17.7 Å². The predicted octanol–water partition coefficient (Wildman–Crippen LogP) is 3.58. The van der Waals surface area contributed by atoms with E-state index in [1.807, 2.05) is 42.2 Å². The minimum atomic E-state index is -0.202. The van der Waals surface area contributed by atoms with Gasteiger partial charge in [-0.1, -0.05) is 55.9 Å². The Morgan fingerprint density at radius 3 is 2.54 bits per heavy atom. The molecule has 1 saturated heterocycles. The number of carbonyl (C=O) groups is 1. The molecular formula is C21H30N4O2S. The quantitative estimate of drug-likeness (QED) is 0.663. The van der Waals surface area contributed by atoms with E-state index >= 15 is 0 Å². The molecule has 0 N–H and O–H groups in total. The van der Waals surface area contributed by atoms with E-state index in [0.29, 0.717) is 25.0 Å². The van der Waals surface area contributed by atoms with Gasteiger partial charge in [0.15, 0.2) is 11.0 Å². The maximum absolute atomic E-state index is 13.0. The van der Waals surface area contributed by atoms with Crippen molar-refractivity contribution in [2.45, 2.75) is 44.1 Å². The van der Waals surface area contributed by atoms with Crippen LogP contribution in [0, 0.1) is 11.8 Å². The average Bonchev–Trinajstić information content (AvgIpc) is 3.08. The minimum Gasteiger partial charge on any atom is -0.383 e. The first-order valence-corrected chi connectivity index (χ1v) is 10.8. The van der Waals surface area contributed by atoms with E-state index in [4.69, 9.17) is 4.74 Å². The van der Waals surface area contributed by atoms with E-state index in [1.54, 1.807) is 7.11 Å². The number of hydrogen-bond donors (Lipinski definition) is 0. The van der Waals surface area contributed by atoms with Crippen LogP contribution in [0.25, 0.3) is 11.4 Å². The van der Waals surface area contributed by atoms with Crippen molar-refractivity contribution in [3.8, 4) is 11.4 Å². The highest BCUT2D eigenvalue weighted by Crippen LogP contribution is 2.29. The molecule has 0 radical (unpaired) electrons. The van der Waals surface area contributed by atoms with Gasteiger partial charge in [0.2, 0.25) is 5.91 Å². The lowest BCUT2D eigenvalue weighted by molar-refractivity contribution is -0.132. The number of piperidine rings is 1. The summed E-state index contributed by atoms with van der Waals surface area (Å²) in [6.45, 7) is 9.32. The molecule has 28 heavy (non-hydrogen) atoms. The fourth-order valence-corrected chi connectivity index (χ4v) is 4.83. The summed E-state index contributed by atoms with van der Waals surface area (Å²) in [6.07, 6.45) is 1.19. The number of carbonyl (C=O) groups excluding carboxylic acids is 1. The Kier molecular flexibility index (Phi) is 7.13. The van der Waals surface area contributed by atoms with E-state index < -0.39 is 0 Å². The van der Waals surface area contributed by atoms with Gasteiger partial charge in [0.05, 0.1) is 18.4 Å². The summed E-state index contributed by atoms with van der Waals surface area (Å²) in [5.41, 5.74) is 1.01. The fraction of sp³-hybridized carbons (Fsp3) is 0.571. The molecule has 2 heterocycles. The molecule has 0 aliphatic carbocycles. The van der Waals surface area contributed by atoms with Crippen LogP contribution in [0.2, 0.25) is 0 Å². The Bertz CT molecular complexity index is 770. The van der Waals surface area contributed by atoms with Crippen LogP contribution in [0.5, 0.6) is 0 Å². The summed E-state index contributed by atoms with van der Waals surface area (Å²) in [5, 5.41) is 9.35. The molecule has 1 aliphatic heterocycles. The smallest absolute Gasteiger partial charge is 0.235 e. The van der Waals surface area contributed by atoms with Gasteiger partial charge in [0, 0.05) is 25.8 Å². The summed E-state index contributed by atoms with van der Waals surface area (Å²) in [5.74, 6) is 2.10. The molecule has 0 unspecified atom stereocenters. The number of hydrogen-bond acceptors (Lipinski definition) is 5. The lowest BCUT2D eigenvalue weighted by Gasteiger charge is -2.36. The Morgan fingerprint density at radius 2 is 1.89 bits per heavy atom. The summed E-state index contributed by atoms with van der Waals surface area (Å²) in [7, 11) is 1.68. The molecular weight excluding hydrogens is 372 g/mol. The van der Waals surface area contributed by atoms with Gasteiger partial charge in [-0.15, -0.1) is 10.2 Å². The van der Waals surface area contributed by atoms with Crippen LogP contribution in [-0.2, 0) is 16.1 Å². The molecule has 1 aromatic heterocycles. The van der Waals surface area contributed by atoms with Gasteiger partial charge in [0.25, 0.3) is 0 Å². The van der Waals surface area contributed by atoms with Crippen LogP contribution in [0.4, 0.5) is 0 Å². The predicted molar refractivity (Wildman–Crippen MR) is 112 cm³/mol. The topological polar surface area (TPSA) is 60.2 Å². The lowest BCUT2D eigenvalue weighted by atomic mass is 9.92. The van der Waals surface area contributed by atoms with Crippen molar-refractivity contribution in [2.75, 3.05) is 26.8 Å². The highest BCUT2D eigenvalue weighted by Gasteiger charge is 2.29. The van der Waals surface area contributed by atoms with Crippen molar-refractivity contribution in [3.63, 3.8) is 0 Å². The number of likely N-dealkylation sites (tertiary alicyclic amines) is 1. The molecule has 1 fully saturated rings. The van der Waals surface area contributed by atoms with E-state index in [9.17, 15) is 4.79 Å². The van der Waals surface area contributed by atoms with Crippen molar-refractivity contribution in [1.82, 2.24) is 19.7 Å². The number of thioether (sulfide) groups is 1. The van der Waals surface area contributed by atoms with Gasteiger partial charge in [-0.2, -0.15) is 0 Å². The molecule has 1 amide bonds. The zero-order valence-electron chi connectivity index (χ0n) is 17.2. The van der Waals surface area contributed by atoms with Crippen LogP contribution >= 0.6 is 11.8 Å². The first kappa shape index (κ1) is 20.9. The molecule has 6 nitrogen and oxygen atoms in total. The minimum absolute atomic E-state index is 0.186. The Morgan fingerprint density at radius 1 is 1.21 bits per heavy atom. The zero-order valence-corrected chi connectivity index (χ0v) is 18.0. The van der Waals surface area contributed by atoms with Crippen molar-refractivity contribution in [2.24, 2.45) is 11.8 Å². The van der Waals surface area contributed by atoms with Crippen molar-refractivity contribution in [1.29, 1.82) is 0 Å². The van der Waals surface area contributed by atoms with Crippen molar-refractivity contribution < 1.29 is 9.53 Å². The molecule has 1 aliphatic rings. The van der Waals surface area contributed by atoms with Gasteiger partial charge in [-0.25, -0.2) is 0 Å². The van der Waals surface area contributed by atoms with Crippen LogP contribution in [0.15, 0.2) is 35.5 Å². The maximum Gasteiger partial charge on any atom is 0.235 e. The van der Waals surface area contributed by atoms with E-state index in [2.05, 4.69) is 28.6 Å². The number of nitrogens with zero attached hydrogens (tertiary/aromatic N) is 4. The molecule has 152 valence electrons. The van der Waals surface area contributed by atoms with Gasteiger partial charge >= 0.3 is 0 Å². The van der Waals surface area contributed by atoms with Gasteiger partial charge in [-0.3, -0.25) is 9.36 Å². The second kappa shape index (κ2) is 9.56. The fourth-order valence-electron chi connectivity index (χ4n) is 3.87. The number of methoxy groups -OCH3 is 1. The SMILES string of the molecule is COCCn1c(S[C@H](C)C(=O)N2C[C@H](C)C[C@@H](C)C2)nnc1-c1ccccc1. The molecule has 3 atom stereocenters. The molecule has 7 heteroatoms. The zero-order chi connectivity index (χ0) is 20.1. The normalized spacial score (nSPS) is 20.9. The Balaban J connectivity index is 1.77. The van der Waals surface area contributed by atoms with Gasteiger partial charge in [0.1, 0.15) is 0 Å². The average molecular weight is 403 g/mol. The van der Waals surface area contributed by atoms with E-state index in [1.165, 1.54) is 18.2 Å². The Labute approximate surface area is 171 Å². The van der Waals surface area contributed by atoms with Gasteiger partial charge in [-0.05, 0) is 25.2 Å². The summed E-state index contributed by atoms with van der Waals surface area (Å²) >= 11 is 1.48. The monoisotopic (exact) mass is 402 g/mol. The first-order chi connectivity index (χ1) is 13.5. The van der Waals surface area contributed by atoms with Gasteiger partial charge < -0.3 is 9.64 Å². The third kappa shape index (κ3) is 4.94. The summed E-state index contributed by atoms with van der Waals surface area (Å²) < 4.78 is 7.32. The maximum atomic E-state index is 13.0. The number of benzene rings is 1. The lowest BCUT2D eigenvalue weighted by Crippen LogP contribution is -2.45. The summed E-state index contributed by atoms with van der Waals surface area (Å²) in [6, 6.07) is 10.0. The standard InChI is InChI=1S/C21H30N4O2S/c1-15-12-16(2)14-24(13-15)20(26)17(3)28-21-23-22-19(25(21)10-11-27-4)18-8-6-5-7-9-18/h5-9,15-17H,10-14H2,1-4H3/t15-,16-,17-/m1/s1.